The molecule has 0 aliphatic heterocycles. The molecule has 348 valence electrons. The summed E-state index contributed by atoms with van der Waals surface area (Å²) in [5.74, 6) is -0.368. The Labute approximate surface area is 374 Å². The number of rotatable bonds is 42. The van der Waals surface area contributed by atoms with Crippen molar-refractivity contribution in [1.82, 2.24) is 0 Å². The minimum Gasteiger partial charge on any atom is -0.756 e. The number of esters is 1. The van der Waals surface area contributed by atoms with E-state index in [-0.39, 0.29) is 32.2 Å². The molecule has 0 saturated carbocycles. The largest absolute Gasteiger partial charge is 0.756 e. The third kappa shape index (κ3) is 48.1. The molecule has 0 amide bonds. The lowest BCUT2D eigenvalue weighted by atomic mass is 10.1. The Bertz CT molecular complexity index is 1340. The molecule has 2 atom stereocenters. The van der Waals surface area contributed by atoms with Crippen LogP contribution in [0.1, 0.15) is 155 Å². The summed E-state index contributed by atoms with van der Waals surface area (Å²) in [5, 5.41) is 0. The molecule has 0 fully saturated rings. The highest BCUT2D eigenvalue weighted by molar-refractivity contribution is 7.45. The fourth-order valence-corrected chi connectivity index (χ4v) is 6.47. The topological polar surface area (TPSA) is 94.1 Å². The fourth-order valence-electron chi connectivity index (χ4n) is 5.74. The molecule has 0 aromatic carbocycles. The van der Waals surface area contributed by atoms with Crippen LogP contribution in [0.25, 0.3) is 0 Å². The molecule has 0 aliphatic rings. The predicted molar refractivity (Wildman–Crippen MR) is 258 cm³/mol. The number of unbranched alkanes of at least 4 members (excludes halogenated alkanes) is 10. The molecule has 0 aromatic rings. The average molecular weight is 870 g/mol. The molecule has 0 radical (unpaired) electrons. The van der Waals surface area contributed by atoms with Gasteiger partial charge in [-0.05, 0) is 96.3 Å². The van der Waals surface area contributed by atoms with E-state index in [1.165, 1.54) is 19.3 Å². The number of phosphoric acid groups is 1. The second-order valence-electron chi connectivity index (χ2n) is 16.3. The molecule has 0 saturated heterocycles. The zero-order valence-corrected chi connectivity index (χ0v) is 40.2. The maximum Gasteiger partial charge on any atom is 0.306 e. The van der Waals surface area contributed by atoms with E-state index in [0.29, 0.717) is 17.6 Å². The van der Waals surface area contributed by atoms with Gasteiger partial charge in [-0.1, -0.05) is 162 Å². The van der Waals surface area contributed by atoms with Gasteiger partial charge in [0.1, 0.15) is 19.3 Å². The molecule has 0 heterocycles. The normalized spacial score (nSPS) is 14.7. The Morgan fingerprint density at radius 1 is 0.508 bits per heavy atom. The van der Waals surface area contributed by atoms with Crippen LogP contribution in [0, 0.1) is 0 Å². The number of hydrogen-bond donors (Lipinski definition) is 0. The number of carbonyl (C=O) groups is 1. The SMILES string of the molecule is CC/C=C\C/C=C\C/C=C\C/C=C\C/C=C\CCCCCCCCOCC(COP(=O)([O-])OCC[N+](C)(C)C)OC(=O)CCCCCC/C=C\C/C=C\C/C=C\C/C=C\CC. The lowest BCUT2D eigenvalue weighted by molar-refractivity contribution is -0.870. The molecule has 2 unspecified atom stereocenters. The van der Waals surface area contributed by atoms with Crippen LogP contribution in [0.5, 0.6) is 0 Å². The van der Waals surface area contributed by atoms with Crippen LogP contribution in [0.3, 0.4) is 0 Å². The Kier molecular flexibility index (Phi) is 41.8. The van der Waals surface area contributed by atoms with Gasteiger partial charge in [0.15, 0.2) is 0 Å². The van der Waals surface area contributed by atoms with E-state index < -0.39 is 13.9 Å². The minimum atomic E-state index is -4.55. The number of hydrogen-bond acceptors (Lipinski definition) is 7. The van der Waals surface area contributed by atoms with Crippen molar-refractivity contribution in [1.29, 1.82) is 0 Å². The van der Waals surface area contributed by atoms with Gasteiger partial charge in [-0.25, -0.2) is 0 Å². The van der Waals surface area contributed by atoms with Crippen molar-refractivity contribution in [2.75, 3.05) is 54.1 Å². The highest BCUT2D eigenvalue weighted by atomic mass is 31.2. The van der Waals surface area contributed by atoms with E-state index in [1.807, 2.05) is 21.1 Å². The summed E-state index contributed by atoms with van der Waals surface area (Å²) in [5.41, 5.74) is 0. The smallest absolute Gasteiger partial charge is 0.306 e. The van der Waals surface area contributed by atoms with Crippen molar-refractivity contribution >= 4 is 13.8 Å². The molecule has 0 aromatic heterocycles. The van der Waals surface area contributed by atoms with Crippen LogP contribution in [-0.2, 0) is 27.9 Å². The van der Waals surface area contributed by atoms with Gasteiger partial charge in [-0.15, -0.1) is 0 Å². The first kappa shape index (κ1) is 58.2. The van der Waals surface area contributed by atoms with E-state index in [1.54, 1.807) is 0 Å². The van der Waals surface area contributed by atoms with Crippen molar-refractivity contribution in [3.8, 4) is 0 Å². The molecule has 0 N–H and O–H groups in total. The number of ether oxygens (including phenoxy) is 2. The molecule has 0 bridgehead atoms. The Morgan fingerprint density at radius 2 is 0.902 bits per heavy atom. The first-order chi connectivity index (χ1) is 29.6. The summed E-state index contributed by atoms with van der Waals surface area (Å²) in [6.07, 6.45) is 61.1. The fraction of sp³-hybridized carbons (Fsp3) is 0.635. The number of quaternary nitrogens is 1. The maximum absolute atomic E-state index is 12.7. The van der Waals surface area contributed by atoms with Crippen LogP contribution in [-0.4, -0.2) is 70.7 Å². The van der Waals surface area contributed by atoms with E-state index in [2.05, 4.69) is 123 Å². The minimum absolute atomic E-state index is 0.0108. The summed E-state index contributed by atoms with van der Waals surface area (Å²) in [7, 11) is 1.31. The van der Waals surface area contributed by atoms with Gasteiger partial charge < -0.3 is 27.9 Å². The lowest BCUT2D eigenvalue weighted by Gasteiger charge is -2.28. The summed E-state index contributed by atoms with van der Waals surface area (Å²) in [6.45, 7) is 5.08. The maximum atomic E-state index is 12.7. The van der Waals surface area contributed by atoms with Gasteiger partial charge in [0.05, 0.1) is 34.4 Å². The predicted octanol–water partition coefficient (Wildman–Crippen LogP) is 13.8. The van der Waals surface area contributed by atoms with Crippen LogP contribution in [0.2, 0.25) is 0 Å². The Hall–Kier alpha value is -2.84. The second-order valence-corrected chi connectivity index (χ2v) is 17.8. The van der Waals surface area contributed by atoms with E-state index in [4.69, 9.17) is 18.5 Å². The molecule has 0 rings (SSSR count). The number of allylic oxidation sites excluding steroid dienone is 18. The van der Waals surface area contributed by atoms with Crippen molar-refractivity contribution < 1.29 is 37.3 Å². The first-order valence-electron chi connectivity index (χ1n) is 23.6. The van der Waals surface area contributed by atoms with Crippen LogP contribution >= 0.6 is 7.82 Å². The number of nitrogens with zero attached hydrogens (tertiary/aromatic N) is 1. The summed E-state index contributed by atoms with van der Waals surface area (Å²) in [6, 6.07) is 0. The quantitative estimate of drug-likeness (QED) is 0.0198. The highest BCUT2D eigenvalue weighted by Gasteiger charge is 2.20. The molecule has 8 nitrogen and oxygen atoms in total. The lowest BCUT2D eigenvalue weighted by Crippen LogP contribution is -2.37. The molecule has 9 heteroatoms. The average Bonchev–Trinajstić information content (AvgIpc) is 3.22. The molecule has 61 heavy (non-hydrogen) atoms. The highest BCUT2D eigenvalue weighted by Crippen LogP contribution is 2.38. The number of likely N-dealkylation sites (N-methyl/N-ethyl adjacent to an activating group) is 1. The summed E-state index contributed by atoms with van der Waals surface area (Å²) in [4.78, 5) is 25.1. The van der Waals surface area contributed by atoms with E-state index in [9.17, 15) is 14.3 Å². The monoisotopic (exact) mass is 870 g/mol. The second kappa shape index (κ2) is 43.8. The van der Waals surface area contributed by atoms with Crippen LogP contribution < -0.4 is 4.89 Å². The van der Waals surface area contributed by atoms with Gasteiger partial charge >= 0.3 is 5.97 Å². The van der Waals surface area contributed by atoms with Gasteiger partial charge in [-0.3, -0.25) is 9.36 Å². The van der Waals surface area contributed by atoms with Gasteiger partial charge in [-0.2, -0.15) is 0 Å². The zero-order valence-electron chi connectivity index (χ0n) is 39.3. The van der Waals surface area contributed by atoms with Crippen molar-refractivity contribution in [3.05, 3.63) is 109 Å². The van der Waals surface area contributed by atoms with Crippen LogP contribution in [0.15, 0.2) is 109 Å². The molecule has 0 aliphatic carbocycles. The summed E-state index contributed by atoms with van der Waals surface area (Å²) >= 11 is 0. The number of phosphoric ester groups is 1. The zero-order chi connectivity index (χ0) is 44.8. The van der Waals surface area contributed by atoms with E-state index >= 15 is 0 Å². The van der Waals surface area contributed by atoms with Gasteiger partial charge in [0.25, 0.3) is 7.82 Å². The van der Waals surface area contributed by atoms with Crippen LogP contribution in [0.4, 0.5) is 0 Å². The molecular weight excluding hydrogens is 782 g/mol. The Balaban J connectivity index is 4.30. The summed E-state index contributed by atoms with van der Waals surface area (Å²) < 4.78 is 34.6. The molecule has 0 spiro atoms. The Morgan fingerprint density at radius 3 is 1.34 bits per heavy atom. The van der Waals surface area contributed by atoms with Crippen molar-refractivity contribution in [2.45, 2.75) is 161 Å². The first-order valence-corrected chi connectivity index (χ1v) is 25.1. The number of carbonyl (C=O) groups excluding carboxylic acids is 1. The van der Waals surface area contributed by atoms with Crippen molar-refractivity contribution in [2.24, 2.45) is 0 Å². The van der Waals surface area contributed by atoms with Crippen molar-refractivity contribution in [3.63, 3.8) is 0 Å². The molecular formula is C52H88NO7P. The standard InChI is InChI=1S/C52H88NO7P/c1-6-8-10-12-14-16-18-20-22-24-25-26-27-28-30-32-34-36-38-40-42-44-47-57-49-51(50-59-61(55,56)58-48-46-53(3,4)5)60-52(54)45-43-41-39-37-35-33-31-29-23-21-19-17-15-13-11-9-7-2/h8-11,14-17,20-23,25-26,28,30-31,33,51H,6-7,12-13,18-19,24,27,29,32,34-50H2,1-5H3/b10-8-,11-9-,16-14-,17-15-,22-20-,23-21-,26-25-,30-28-,33-31-. The van der Waals surface area contributed by atoms with Gasteiger partial charge in [0, 0.05) is 13.0 Å². The van der Waals surface area contributed by atoms with Gasteiger partial charge in [0.2, 0.25) is 0 Å². The third-order valence-corrected chi connectivity index (χ3v) is 10.3. The van der Waals surface area contributed by atoms with E-state index in [0.717, 1.165) is 116 Å². The third-order valence-electron chi connectivity index (χ3n) is 9.32.